The lowest BCUT2D eigenvalue weighted by Crippen LogP contribution is -2.42. The molecule has 0 aliphatic carbocycles. The molecule has 6 heteroatoms. The zero-order valence-corrected chi connectivity index (χ0v) is 9.20. The summed E-state index contributed by atoms with van der Waals surface area (Å²) >= 11 is 4.64. The topological polar surface area (TPSA) is 70.7 Å². The van der Waals surface area contributed by atoms with E-state index < -0.39 is 0 Å². The Bertz CT molecular complexity index is 457. The van der Waals surface area contributed by atoms with Gasteiger partial charge in [-0.15, -0.1) is 5.12 Å². The number of amides is 1. The predicted octanol–water partition coefficient (Wildman–Crippen LogP) is 0.371. The Hall–Kier alpha value is -1.95. The fraction of sp³-hybridized carbons (Fsp3) is 0.100. The summed E-state index contributed by atoms with van der Waals surface area (Å²) in [6.45, 7) is 0. The van der Waals surface area contributed by atoms with Crippen LogP contribution in [-0.4, -0.2) is 21.8 Å². The molecule has 0 aromatic heterocycles. The minimum atomic E-state index is -0.174. The first-order valence-electron chi connectivity index (χ1n) is 4.69. The highest BCUT2D eigenvalue weighted by Gasteiger charge is 2.24. The van der Waals surface area contributed by atoms with Gasteiger partial charge >= 0.3 is 0 Å². The Morgan fingerprint density at radius 2 is 2.12 bits per heavy atom. The molecular formula is C10H10N4OS. The number of carbonyl (C=O) groups is 1. The van der Waals surface area contributed by atoms with Gasteiger partial charge in [0.2, 0.25) is 0 Å². The normalized spacial score (nSPS) is 14.9. The van der Waals surface area contributed by atoms with Gasteiger partial charge < -0.3 is 5.73 Å². The maximum atomic E-state index is 11.5. The average molecular weight is 234 g/mol. The molecule has 5 nitrogen and oxygen atoms in total. The summed E-state index contributed by atoms with van der Waals surface area (Å²) in [7, 11) is 0. The van der Waals surface area contributed by atoms with E-state index in [9.17, 15) is 4.79 Å². The number of nitrogens with zero attached hydrogens (tertiary/aromatic N) is 2. The minimum absolute atomic E-state index is 0.0198. The highest BCUT2D eigenvalue weighted by atomic mass is 32.1. The van der Waals surface area contributed by atoms with Crippen molar-refractivity contribution in [2.75, 3.05) is 0 Å². The van der Waals surface area contributed by atoms with Gasteiger partial charge in [0.25, 0.3) is 5.91 Å². The van der Waals surface area contributed by atoms with E-state index in [1.807, 2.05) is 30.3 Å². The van der Waals surface area contributed by atoms with E-state index in [-0.39, 0.29) is 17.4 Å². The number of benzene rings is 1. The second kappa shape index (κ2) is 4.28. The number of hydrogen-bond donors (Lipinski definition) is 2. The fourth-order valence-electron chi connectivity index (χ4n) is 1.41. The van der Waals surface area contributed by atoms with Crippen LogP contribution in [0.4, 0.5) is 0 Å². The summed E-state index contributed by atoms with van der Waals surface area (Å²) in [5.41, 5.74) is 9.40. The maximum absolute atomic E-state index is 11.5. The highest BCUT2D eigenvalue weighted by Crippen LogP contribution is 2.12. The summed E-state index contributed by atoms with van der Waals surface area (Å²) in [5, 5.41) is 5.20. The van der Waals surface area contributed by atoms with E-state index in [1.54, 1.807) is 0 Å². The Kier molecular flexibility index (Phi) is 2.82. The van der Waals surface area contributed by atoms with Crippen LogP contribution in [0, 0.1) is 0 Å². The molecule has 0 saturated carbocycles. The van der Waals surface area contributed by atoms with Gasteiger partial charge in [0, 0.05) is 0 Å². The fourth-order valence-corrected chi connectivity index (χ4v) is 1.50. The van der Waals surface area contributed by atoms with Crippen LogP contribution >= 0.6 is 12.2 Å². The van der Waals surface area contributed by atoms with Gasteiger partial charge in [-0.1, -0.05) is 30.3 Å². The van der Waals surface area contributed by atoms with E-state index in [0.29, 0.717) is 5.71 Å². The SMILES string of the molecule is NC(=S)NN1N=C(c2ccccc2)CC1=O. The van der Waals surface area contributed by atoms with Crippen molar-refractivity contribution in [2.45, 2.75) is 6.42 Å². The lowest BCUT2D eigenvalue weighted by atomic mass is 10.1. The first-order chi connectivity index (χ1) is 7.66. The Labute approximate surface area is 97.9 Å². The van der Waals surface area contributed by atoms with Crippen molar-refractivity contribution in [2.24, 2.45) is 10.8 Å². The van der Waals surface area contributed by atoms with Crippen LogP contribution in [-0.2, 0) is 4.79 Å². The molecule has 0 fully saturated rings. The van der Waals surface area contributed by atoms with Crippen LogP contribution in [0.1, 0.15) is 12.0 Å². The van der Waals surface area contributed by atoms with Crippen molar-refractivity contribution in [3.8, 4) is 0 Å². The zero-order chi connectivity index (χ0) is 11.5. The molecular weight excluding hydrogens is 224 g/mol. The van der Waals surface area contributed by atoms with Crippen LogP contribution in [0.5, 0.6) is 0 Å². The molecule has 1 heterocycles. The highest BCUT2D eigenvalue weighted by molar-refractivity contribution is 7.80. The molecule has 0 bridgehead atoms. The molecule has 3 N–H and O–H groups in total. The predicted molar refractivity (Wildman–Crippen MR) is 64.4 cm³/mol. The molecule has 1 aliphatic heterocycles. The van der Waals surface area contributed by atoms with Crippen molar-refractivity contribution in [3.05, 3.63) is 35.9 Å². The van der Waals surface area contributed by atoms with Crippen molar-refractivity contribution in [1.82, 2.24) is 10.5 Å². The van der Waals surface area contributed by atoms with Crippen LogP contribution in [0.15, 0.2) is 35.4 Å². The molecule has 0 atom stereocenters. The van der Waals surface area contributed by atoms with Crippen LogP contribution in [0.25, 0.3) is 0 Å². The van der Waals surface area contributed by atoms with Gasteiger partial charge in [-0.3, -0.25) is 10.2 Å². The molecule has 1 amide bonds. The van der Waals surface area contributed by atoms with Gasteiger partial charge in [-0.2, -0.15) is 5.10 Å². The van der Waals surface area contributed by atoms with Crippen molar-refractivity contribution in [1.29, 1.82) is 0 Å². The lowest BCUT2D eigenvalue weighted by molar-refractivity contribution is -0.130. The van der Waals surface area contributed by atoms with Gasteiger partial charge in [-0.05, 0) is 17.8 Å². The molecule has 1 aliphatic rings. The Morgan fingerprint density at radius 1 is 1.44 bits per heavy atom. The van der Waals surface area contributed by atoms with E-state index >= 15 is 0 Å². The summed E-state index contributed by atoms with van der Waals surface area (Å²) in [4.78, 5) is 11.5. The molecule has 16 heavy (non-hydrogen) atoms. The zero-order valence-electron chi connectivity index (χ0n) is 8.38. The summed E-state index contributed by atoms with van der Waals surface area (Å²) < 4.78 is 0. The number of rotatable bonds is 2. The van der Waals surface area contributed by atoms with Crippen LogP contribution in [0.3, 0.4) is 0 Å². The maximum Gasteiger partial charge on any atom is 0.268 e. The first kappa shape index (κ1) is 10.6. The summed E-state index contributed by atoms with van der Waals surface area (Å²) in [6.07, 6.45) is 0.250. The molecule has 82 valence electrons. The smallest absolute Gasteiger partial charge is 0.268 e. The Morgan fingerprint density at radius 3 is 2.75 bits per heavy atom. The third kappa shape index (κ3) is 2.17. The average Bonchev–Trinajstić information content (AvgIpc) is 2.61. The molecule has 0 radical (unpaired) electrons. The van der Waals surface area contributed by atoms with Crippen LogP contribution < -0.4 is 11.2 Å². The summed E-state index contributed by atoms with van der Waals surface area (Å²) in [5.74, 6) is -0.174. The quantitative estimate of drug-likeness (QED) is 0.725. The number of hydrazone groups is 1. The minimum Gasteiger partial charge on any atom is -0.375 e. The molecule has 2 rings (SSSR count). The number of hydrazine groups is 1. The summed E-state index contributed by atoms with van der Waals surface area (Å²) in [6, 6.07) is 9.50. The van der Waals surface area contributed by atoms with Crippen molar-refractivity contribution in [3.63, 3.8) is 0 Å². The second-order valence-electron chi connectivity index (χ2n) is 3.27. The molecule has 0 saturated heterocycles. The van der Waals surface area contributed by atoms with E-state index in [4.69, 9.17) is 5.73 Å². The molecule has 0 spiro atoms. The first-order valence-corrected chi connectivity index (χ1v) is 5.09. The third-order valence-electron chi connectivity index (χ3n) is 2.10. The number of carbonyl (C=O) groups excluding carboxylic acids is 1. The second-order valence-corrected chi connectivity index (χ2v) is 3.71. The van der Waals surface area contributed by atoms with Gasteiger partial charge in [0.1, 0.15) is 0 Å². The molecule has 1 aromatic carbocycles. The van der Waals surface area contributed by atoms with Crippen LogP contribution in [0.2, 0.25) is 0 Å². The van der Waals surface area contributed by atoms with E-state index in [0.717, 1.165) is 10.7 Å². The largest absolute Gasteiger partial charge is 0.375 e. The van der Waals surface area contributed by atoms with Crippen molar-refractivity contribution >= 4 is 28.9 Å². The van der Waals surface area contributed by atoms with Gasteiger partial charge in [0.05, 0.1) is 12.1 Å². The number of nitrogens with two attached hydrogens (primary N) is 1. The molecule has 1 aromatic rings. The standard InChI is InChI=1S/C10H10N4OS/c11-10(16)13-14-9(15)6-8(12-14)7-4-2-1-3-5-7/h1-5H,6H2,(H3,11,13,16). The number of nitrogens with one attached hydrogen (secondary N) is 1. The Balaban J connectivity index is 2.20. The molecule has 0 unspecified atom stereocenters. The van der Waals surface area contributed by atoms with Crippen molar-refractivity contribution < 1.29 is 4.79 Å². The number of hydrogen-bond acceptors (Lipinski definition) is 3. The van der Waals surface area contributed by atoms with Gasteiger partial charge in [-0.25, -0.2) is 0 Å². The third-order valence-corrected chi connectivity index (χ3v) is 2.19. The van der Waals surface area contributed by atoms with E-state index in [1.165, 1.54) is 0 Å². The van der Waals surface area contributed by atoms with Gasteiger partial charge in [0.15, 0.2) is 5.11 Å². The van der Waals surface area contributed by atoms with E-state index in [2.05, 4.69) is 22.7 Å². The lowest BCUT2D eigenvalue weighted by Gasteiger charge is -2.11. The monoisotopic (exact) mass is 234 g/mol. The number of thiocarbonyl (C=S) groups is 1.